The van der Waals surface area contributed by atoms with E-state index in [1.807, 2.05) is 11.4 Å². The molecule has 0 unspecified atom stereocenters. The van der Waals surface area contributed by atoms with Crippen molar-refractivity contribution in [2.24, 2.45) is 0 Å². The van der Waals surface area contributed by atoms with E-state index in [-0.39, 0.29) is 0 Å². The molecular formula is C12H11F2NS. The number of hydrogen-bond acceptors (Lipinski definition) is 2. The van der Waals surface area contributed by atoms with Gasteiger partial charge < -0.3 is 5.32 Å². The van der Waals surface area contributed by atoms with Gasteiger partial charge in [0.1, 0.15) is 0 Å². The van der Waals surface area contributed by atoms with E-state index in [4.69, 9.17) is 0 Å². The van der Waals surface area contributed by atoms with Crippen LogP contribution in [0, 0.1) is 11.6 Å². The monoisotopic (exact) mass is 239 g/mol. The number of nitrogens with one attached hydrogen (secondary N) is 1. The first-order chi connectivity index (χ1) is 7.75. The van der Waals surface area contributed by atoms with Crippen molar-refractivity contribution in [2.45, 2.75) is 13.1 Å². The van der Waals surface area contributed by atoms with Crippen molar-refractivity contribution < 1.29 is 8.78 Å². The van der Waals surface area contributed by atoms with Gasteiger partial charge in [-0.25, -0.2) is 8.78 Å². The lowest BCUT2D eigenvalue weighted by Crippen LogP contribution is -2.12. The van der Waals surface area contributed by atoms with Crippen LogP contribution in [-0.2, 0) is 13.1 Å². The maximum absolute atomic E-state index is 12.9. The molecule has 0 fully saturated rings. The molecule has 84 valence electrons. The molecule has 2 aromatic rings. The van der Waals surface area contributed by atoms with Gasteiger partial charge in [0.2, 0.25) is 0 Å². The van der Waals surface area contributed by atoms with Gasteiger partial charge in [-0.1, -0.05) is 6.07 Å². The molecule has 0 aliphatic carbocycles. The normalized spacial score (nSPS) is 10.6. The Labute approximate surface area is 96.7 Å². The Morgan fingerprint density at radius 2 is 1.81 bits per heavy atom. The summed E-state index contributed by atoms with van der Waals surface area (Å²) in [7, 11) is 0. The molecule has 16 heavy (non-hydrogen) atoms. The van der Waals surface area contributed by atoms with E-state index >= 15 is 0 Å². The molecule has 0 radical (unpaired) electrons. The van der Waals surface area contributed by atoms with E-state index in [1.165, 1.54) is 11.6 Å². The van der Waals surface area contributed by atoms with Gasteiger partial charge >= 0.3 is 0 Å². The maximum Gasteiger partial charge on any atom is 0.159 e. The minimum Gasteiger partial charge on any atom is -0.309 e. The molecule has 0 aliphatic rings. The Kier molecular flexibility index (Phi) is 3.64. The van der Waals surface area contributed by atoms with Crippen LogP contribution >= 0.6 is 11.3 Å². The molecule has 1 N–H and O–H groups in total. The van der Waals surface area contributed by atoms with Crippen molar-refractivity contribution in [3.05, 3.63) is 57.8 Å². The highest BCUT2D eigenvalue weighted by atomic mass is 32.1. The standard InChI is InChI=1S/C12H11F2NS/c13-11-2-1-9(5-12(11)14)6-15-7-10-3-4-16-8-10/h1-5,8,15H,6-7H2. The summed E-state index contributed by atoms with van der Waals surface area (Å²) in [6.45, 7) is 1.27. The molecule has 0 atom stereocenters. The van der Waals surface area contributed by atoms with Crippen LogP contribution in [0.15, 0.2) is 35.0 Å². The highest BCUT2D eigenvalue weighted by Crippen LogP contribution is 2.09. The molecule has 2 rings (SSSR count). The van der Waals surface area contributed by atoms with Crippen molar-refractivity contribution in [2.75, 3.05) is 0 Å². The summed E-state index contributed by atoms with van der Waals surface area (Å²) >= 11 is 1.64. The summed E-state index contributed by atoms with van der Waals surface area (Å²) in [5, 5.41) is 7.23. The van der Waals surface area contributed by atoms with Crippen LogP contribution in [0.3, 0.4) is 0 Å². The summed E-state index contributed by atoms with van der Waals surface area (Å²) in [4.78, 5) is 0. The van der Waals surface area contributed by atoms with Crippen LogP contribution in [0.25, 0.3) is 0 Å². The zero-order chi connectivity index (χ0) is 11.4. The third kappa shape index (κ3) is 2.87. The number of rotatable bonds is 4. The average Bonchev–Trinajstić information content (AvgIpc) is 2.76. The quantitative estimate of drug-likeness (QED) is 0.863. The number of halogens is 2. The summed E-state index contributed by atoms with van der Waals surface area (Å²) in [6, 6.07) is 5.98. The lowest BCUT2D eigenvalue weighted by Gasteiger charge is -2.04. The second-order valence-electron chi connectivity index (χ2n) is 3.48. The molecule has 1 heterocycles. The second kappa shape index (κ2) is 5.18. The van der Waals surface area contributed by atoms with Crippen molar-refractivity contribution in [3.8, 4) is 0 Å². The summed E-state index contributed by atoms with van der Waals surface area (Å²) in [5.74, 6) is -1.60. The van der Waals surface area contributed by atoms with Crippen LogP contribution in [0.5, 0.6) is 0 Å². The van der Waals surface area contributed by atoms with Gasteiger partial charge in [0.05, 0.1) is 0 Å². The number of benzene rings is 1. The van der Waals surface area contributed by atoms with Crippen molar-refractivity contribution >= 4 is 11.3 Å². The molecule has 0 spiro atoms. The Bertz CT molecular complexity index is 454. The van der Waals surface area contributed by atoms with Crippen LogP contribution in [0.1, 0.15) is 11.1 Å². The average molecular weight is 239 g/mol. The highest BCUT2D eigenvalue weighted by molar-refractivity contribution is 7.07. The maximum atomic E-state index is 12.9. The minimum absolute atomic E-state index is 0.535. The topological polar surface area (TPSA) is 12.0 Å². The van der Waals surface area contributed by atoms with Crippen LogP contribution in [0.2, 0.25) is 0 Å². The predicted molar refractivity (Wildman–Crippen MR) is 61.2 cm³/mol. The molecule has 1 aromatic carbocycles. The van der Waals surface area contributed by atoms with Gasteiger partial charge in [0.15, 0.2) is 11.6 Å². The van der Waals surface area contributed by atoms with E-state index in [9.17, 15) is 8.78 Å². The molecular weight excluding hydrogens is 228 g/mol. The Morgan fingerprint density at radius 3 is 2.50 bits per heavy atom. The molecule has 1 aromatic heterocycles. The van der Waals surface area contributed by atoms with E-state index in [0.717, 1.165) is 18.2 Å². The Balaban J connectivity index is 1.87. The van der Waals surface area contributed by atoms with Crippen molar-refractivity contribution in [1.82, 2.24) is 5.32 Å². The summed E-state index contributed by atoms with van der Waals surface area (Å²) < 4.78 is 25.5. The Morgan fingerprint density at radius 1 is 1.00 bits per heavy atom. The zero-order valence-electron chi connectivity index (χ0n) is 8.54. The zero-order valence-corrected chi connectivity index (χ0v) is 9.36. The van der Waals surface area contributed by atoms with E-state index < -0.39 is 11.6 Å². The number of hydrogen-bond donors (Lipinski definition) is 1. The van der Waals surface area contributed by atoms with E-state index in [2.05, 4.69) is 10.7 Å². The molecule has 0 saturated heterocycles. The first-order valence-electron chi connectivity index (χ1n) is 4.91. The first kappa shape index (κ1) is 11.2. The molecule has 0 aliphatic heterocycles. The fourth-order valence-corrected chi connectivity index (χ4v) is 2.06. The van der Waals surface area contributed by atoms with Crippen LogP contribution < -0.4 is 5.32 Å². The smallest absolute Gasteiger partial charge is 0.159 e. The molecule has 0 amide bonds. The predicted octanol–water partition coefficient (Wildman–Crippen LogP) is 3.32. The summed E-state index contributed by atoms with van der Waals surface area (Å²) in [5.41, 5.74) is 1.95. The van der Waals surface area contributed by atoms with Gasteiger partial charge in [-0.15, -0.1) is 0 Å². The van der Waals surface area contributed by atoms with E-state index in [0.29, 0.717) is 6.54 Å². The highest BCUT2D eigenvalue weighted by Gasteiger charge is 2.02. The SMILES string of the molecule is Fc1ccc(CNCc2ccsc2)cc1F. The lowest BCUT2D eigenvalue weighted by atomic mass is 10.2. The minimum atomic E-state index is -0.804. The van der Waals surface area contributed by atoms with Crippen LogP contribution in [0.4, 0.5) is 8.78 Å². The second-order valence-corrected chi connectivity index (χ2v) is 4.26. The third-order valence-corrected chi connectivity index (χ3v) is 2.95. The van der Waals surface area contributed by atoms with E-state index in [1.54, 1.807) is 17.4 Å². The lowest BCUT2D eigenvalue weighted by molar-refractivity contribution is 0.506. The molecule has 0 saturated carbocycles. The fraction of sp³-hybridized carbons (Fsp3) is 0.167. The molecule has 4 heteroatoms. The van der Waals surface area contributed by atoms with Crippen LogP contribution in [-0.4, -0.2) is 0 Å². The third-order valence-electron chi connectivity index (χ3n) is 2.22. The molecule has 1 nitrogen and oxygen atoms in total. The van der Waals surface area contributed by atoms with Crippen molar-refractivity contribution in [1.29, 1.82) is 0 Å². The first-order valence-corrected chi connectivity index (χ1v) is 5.86. The summed E-state index contributed by atoms with van der Waals surface area (Å²) in [6.07, 6.45) is 0. The molecule has 0 bridgehead atoms. The van der Waals surface area contributed by atoms with Gasteiger partial charge in [-0.05, 0) is 40.1 Å². The van der Waals surface area contributed by atoms with Gasteiger partial charge in [0, 0.05) is 13.1 Å². The number of thiophene rings is 1. The van der Waals surface area contributed by atoms with Gasteiger partial charge in [-0.3, -0.25) is 0 Å². The van der Waals surface area contributed by atoms with Gasteiger partial charge in [0.25, 0.3) is 0 Å². The van der Waals surface area contributed by atoms with Gasteiger partial charge in [-0.2, -0.15) is 11.3 Å². The largest absolute Gasteiger partial charge is 0.309 e. The Hall–Kier alpha value is -1.26. The van der Waals surface area contributed by atoms with Crippen molar-refractivity contribution in [3.63, 3.8) is 0 Å². The fourth-order valence-electron chi connectivity index (χ4n) is 1.39.